The predicted octanol–water partition coefficient (Wildman–Crippen LogP) is 3.85. The fourth-order valence-electron chi connectivity index (χ4n) is 4.46. The van der Waals surface area contributed by atoms with E-state index in [0.717, 1.165) is 24.1 Å². The summed E-state index contributed by atoms with van der Waals surface area (Å²) in [5.74, 6) is 1.51. The fourth-order valence-corrected chi connectivity index (χ4v) is 4.46. The van der Waals surface area contributed by atoms with Gasteiger partial charge in [-0.1, -0.05) is 56.9 Å². The molecule has 2 heterocycles. The molecule has 1 aromatic heterocycles. The van der Waals surface area contributed by atoms with Gasteiger partial charge >= 0.3 is 0 Å². The average Bonchev–Trinajstić information content (AvgIpc) is 3.25. The number of carbonyl (C=O) groups is 1. The largest absolute Gasteiger partial charge is 0.338 e. The predicted molar refractivity (Wildman–Crippen MR) is 110 cm³/mol. The van der Waals surface area contributed by atoms with E-state index in [-0.39, 0.29) is 11.5 Å². The van der Waals surface area contributed by atoms with Crippen molar-refractivity contribution in [2.45, 2.75) is 64.8 Å². The van der Waals surface area contributed by atoms with Crippen LogP contribution in [0.15, 0.2) is 29.1 Å². The van der Waals surface area contributed by atoms with Crippen molar-refractivity contribution >= 4 is 5.91 Å². The standard InChI is InChI=1S/C23H29N3O2/c1-2-16-7-10-18(11-8-16)22-24-20-13-14-26(15-19(20)23(28)25-22)21(27)12-9-17-5-3-4-6-17/h7-8,10-11,17H,2-6,9,12-15H2,1H3,(H,24,25,28). The van der Waals surface area contributed by atoms with Gasteiger partial charge in [0.1, 0.15) is 5.82 Å². The third-order valence-corrected chi connectivity index (χ3v) is 6.30. The number of aromatic amines is 1. The second kappa shape index (κ2) is 8.29. The molecule has 1 fully saturated rings. The molecular formula is C23H29N3O2. The molecule has 1 saturated carbocycles. The minimum atomic E-state index is -0.118. The summed E-state index contributed by atoms with van der Waals surface area (Å²) in [7, 11) is 0. The van der Waals surface area contributed by atoms with Crippen LogP contribution in [0.5, 0.6) is 0 Å². The van der Waals surface area contributed by atoms with Crippen LogP contribution in [0.25, 0.3) is 11.4 Å². The van der Waals surface area contributed by atoms with E-state index in [0.29, 0.717) is 43.2 Å². The van der Waals surface area contributed by atoms with E-state index in [2.05, 4.69) is 24.0 Å². The third kappa shape index (κ3) is 4.03. The lowest BCUT2D eigenvalue weighted by Crippen LogP contribution is -2.39. The van der Waals surface area contributed by atoms with Gasteiger partial charge in [-0.2, -0.15) is 0 Å². The summed E-state index contributed by atoms with van der Waals surface area (Å²) >= 11 is 0. The number of fused-ring (bicyclic) bond motifs is 1. The van der Waals surface area contributed by atoms with Crippen LogP contribution in [0.2, 0.25) is 0 Å². The van der Waals surface area contributed by atoms with E-state index >= 15 is 0 Å². The number of H-pyrrole nitrogens is 1. The summed E-state index contributed by atoms with van der Waals surface area (Å²) in [4.78, 5) is 34.8. The van der Waals surface area contributed by atoms with E-state index < -0.39 is 0 Å². The lowest BCUT2D eigenvalue weighted by atomic mass is 10.0. The molecular weight excluding hydrogens is 350 g/mol. The van der Waals surface area contributed by atoms with Gasteiger partial charge in [0.15, 0.2) is 0 Å². The minimum absolute atomic E-state index is 0.118. The first-order chi connectivity index (χ1) is 13.6. The lowest BCUT2D eigenvalue weighted by molar-refractivity contribution is -0.132. The minimum Gasteiger partial charge on any atom is -0.338 e. The van der Waals surface area contributed by atoms with Crippen LogP contribution in [0, 0.1) is 5.92 Å². The number of amides is 1. The van der Waals surface area contributed by atoms with Crippen LogP contribution in [0.4, 0.5) is 0 Å². The van der Waals surface area contributed by atoms with Crippen molar-refractivity contribution in [2.75, 3.05) is 6.54 Å². The topological polar surface area (TPSA) is 66.1 Å². The van der Waals surface area contributed by atoms with Crippen molar-refractivity contribution in [3.8, 4) is 11.4 Å². The first-order valence-corrected chi connectivity index (χ1v) is 10.6. The number of nitrogens with zero attached hydrogens (tertiary/aromatic N) is 2. The van der Waals surface area contributed by atoms with Crippen LogP contribution in [-0.2, 0) is 24.2 Å². The molecule has 0 saturated heterocycles. The van der Waals surface area contributed by atoms with Crippen LogP contribution in [0.1, 0.15) is 62.3 Å². The molecule has 28 heavy (non-hydrogen) atoms. The van der Waals surface area contributed by atoms with Crippen molar-refractivity contribution < 1.29 is 4.79 Å². The van der Waals surface area contributed by atoms with Crippen molar-refractivity contribution in [3.05, 3.63) is 51.4 Å². The number of carbonyl (C=O) groups excluding carboxylic acids is 1. The third-order valence-electron chi connectivity index (χ3n) is 6.30. The maximum atomic E-state index is 12.7. The van der Waals surface area contributed by atoms with Crippen molar-refractivity contribution in [1.82, 2.24) is 14.9 Å². The van der Waals surface area contributed by atoms with Crippen LogP contribution < -0.4 is 5.56 Å². The molecule has 0 radical (unpaired) electrons. The molecule has 1 N–H and O–H groups in total. The molecule has 0 atom stereocenters. The van der Waals surface area contributed by atoms with Crippen LogP contribution >= 0.6 is 0 Å². The Morgan fingerprint density at radius 3 is 2.68 bits per heavy atom. The molecule has 4 rings (SSSR count). The maximum absolute atomic E-state index is 12.7. The van der Waals surface area contributed by atoms with Gasteiger partial charge in [-0.3, -0.25) is 9.59 Å². The molecule has 5 nitrogen and oxygen atoms in total. The molecule has 148 valence electrons. The quantitative estimate of drug-likeness (QED) is 0.858. The number of rotatable bonds is 5. The number of hydrogen-bond donors (Lipinski definition) is 1. The SMILES string of the molecule is CCc1ccc(-c2nc3c(c(=O)[nH]2)CN(C(=O)CCC2CCCC2)CC3)cc1. The number of nitrogens with one attached hydrogen (secondary N) is 1. The van der Waals surface area contributed by atoms with Gasteiger partial charge in [-0.15, -0.1) is 0 Å². The molecule has 1 aliphatic heterocycles. The number of aromatic nitrogens is 2. The fraction of sp³-hybridized carbons (Fsp3) is 0.522. The average molecular weight is 380 g/mol. The van der Waals surface area contributed by atoms with Crippen LogP contribution in [-0.4, -0.2) is 27.3 Å². The smallest absolute Gasteiger partial charge is 0.256 e. The summed E-state index contributed by atoms with van der Waals surface area (Å²) < 4.78 is 0. The Morgan fingerprint density at radius 2 is 1.96 bits per heavy atom. The monoisotopic (exact) mass is 379 g/mol. The van der Waals surface area contributed by atoms with Crippen molar-refractivity contribution in [3.63, 3.8) is 0 Å². The summed E-state index contributed by atoms with van der Waals surface area (Å²) in [6, 6.07) is 8.15. The Labute approximate surface area is 166 Å². The highest BCUT2D eigenvalue weighted by Crippen LogP contribution is 2.29. The molecule has 0 spiro atoms. The van der Waals surface area contributed by atoms with Crippen molar-refractivity contribution in [1.29, 1.82) is 0 Å². The molecule has 0 bridgehead atoms. The first kappa shape index (κ1) is 18.9. The van der Waals surface area contributed by atoms with Gasteiger partial charge in [0.05, 0.1) is 17.8 Å². The number of benzene rings is 1. The number of hydrogen-bond acceptors (Lipinski definition) is 3. The van der Waals surface area contributed by atoms with E-state index in [4.69, 9.17) is 4.98 Å². The molecule has 1 amide bonds. The van der Waals surface area contributed by atoms with Gasteiger partial charge in [-0.25, -0.2) is 4.98 Å². The Kier molecular flexibility index (Phi) is 5.60. The van der Waals surface area contributed by atoms with Crippen LogP contribution in [0.3, 0.4) is 0 Å². The Balaban J connectivity index is 1.46. The van der Waals surface area contributed by atoms with Gasteiger partial charge in [0.2, 0.25) is 5.91 Å². The zero-order valence-corrected chi connectivity index (χ0v) is 16.7. The van der Waals surface area contributed by atoms with Crippen molar-refractivity contribution in [2.24, 2.45) is 5.92 Å². The Bertz CT molecular complexity index is 895. The number of aryl methyl sites for hydroxylation is 1. The molecule has 5 heteroatoms. The van der Waals surface area contributed by atoms with E-state index in [1.54, 1.807) is 0 Å². The van der Waals surface area contributed by atoms with Gasteiger partial charge in [0.25, 0.3) is 5.56 Å². The normalized spacial score (nSPS) is 17.0. The maximum Gasteiger partial charge on any atom is 0.256 e. The first-order valence-electron chi connectivity index (χ1n) is 10.6. The highest BCUT2D eigenvalue weighted by molar-refractivity contribution is 5.76. The Morgan fingerprint density at radius 1 is 1.21 bits per heavy atom. The summed E-state index contributed by atoms with van der Waals surface area (Å²) in [6.45, 7) is 3.16. The summed E-state index contributed by atoms with van der Waals surface area (Å²) in [5, 5.41) is 0. The molecule has 2 aliphatic rings. The second-order valence-electron chi connectivity index (χ2n) is 8.14. The Hall–Kier alpha value is -2.43. The summed E-state index contributed by atoms with van der Waals surface area (Å²) in [5.41, 5.74) is 3.54. The lowest BCUT2D eigenvalue weighted by Gasteiger charge is -2.28. The molecule has 0 unspecified atom stereocenters. The van der Waals surface area contributed by atoms with E-state index in [1.807, 2.05) is 17.0 Å². The highest BCUT2D eigenvalue weighted by Gasteiger charge is 2.25. The van der Waals surface area contributed by atoms with E-state index in [9.17, 15) is 9.59 Å². The van der Waals surface area contributed by atoms with Gasteiger partial charge in [0, 0.05) is 24.9 Å². The zero-order chi connectivity index (χ0) is 19.5. The highest BCUT2D eigenvalue weighted by atomic mass is 16.2. The molecule has 1 aliphatic carbocycles. The van der Waals surface area contributed by atoms with E-state index in [1.165, 1.54) is 31.2 Å². The molecule has 2 aromatic rings. The second-order valence-corrected chi connectivity index (χ2v) is 8.14. The van der Waals surface area contributed by atoms with Gasteiger partial charge in [-0.05, 0) is 24.3 Å². The molecule has 1 aromatic carbocycles. The zero-order valence-electron chi connectivity index (χ0n) is 16.7. The van der Waals surface area contributed by atoms with Gasteiger partial charge < -0.3 is 9.88 Å². The summed E-state index contributed by atoms with van der Waals surface area (Å²) in [6.07, 6.45) is 8.37.